The van der Waals surface area contributed by atoms with Gasteiger partial charge in [-0.25, -0.2) is 9.97 Å². The molecule has 1 aromatic heterocycles. The summed E-state index contributed by atoms with van der Waals surface area (Å²) in [6.45, 7) is 7.17. The second kappa shape index (κ2) is 14.6. The van der Waals surface area contributed by atoms with Gasteiger partial charge in [-0.2, -0.15) is 0 Å². The first-order chi connectivity index (χ1) is 19.0. The average Bonchev–Trinajstić information content (AvgIpc) is 3.65. The number of rotatable bonds is 14. The minimum Gasteiger partial charge on any atom is -0.469 e. The van der Waals surface area contributed by atoms with Crippen molar-refractivity contribution >= 4 is 40.6 Å². The van der Waals surface area contributed by atoms with E-state index in [4.69, 9.17) is 9.47 Å². The first kappa shape index (κ1) is 31.5. The molecule has 3 rings (SSSR count). The van der Waals surface area contributed by atoms with Gasteiger partial charge in [0.05, 0.1) is 13.0 Å². The first-order valence-electron chi connectivity index (χ1n) is 13.8. The van der Waals surface area contributed by atoms with Crippen molar-refractivity contribution in [2.75, 3.05) is 19.9 Å². The van der Waals surface area contributed by atoms with Gasteiger partial charge < -0.3 is 19.7 Å². The molecule has 5 atom stereocenters. The largest absolute Gasteiger partial charge is 0.469 e. The number of hydrogen-bond acceptors (Lipinski definition) is 10. The van der Waals surface area contributed by atoms with Crippen molar-refractivity contribution in [2.45, 2.75) is 84.0 Å². The molecule has 0 aromatic carbocycles. The quantitative estimate of drug-likeness (QED) is 0.331. The predicted molar refractivity (Wildman–Crippen MR) is 151 cm³/mol. The second-order valence-corrected chi connectivity index (χ2v) is 11.9. The number of nitrogens with one attached hydrogen (secondary N) is 1. The Labute approximate surface area is 240 Å². The molecular formula is C28H41N5O6S. The van der Waals surface area contributed by atoms with E-state index in [1.165, 1.54) is 25.8 Å². The summed E-state index contributed by atoms with van der Waals surface area (Å²) < 4.78 is 10.5. The van der Waals surface area contributed by atoms with Crippen molar-refractivity contribution in [1.82, 2.24) is 20.2 Å². The summed E-state index contributed by atoms with van der Waals surface area (Å²) in [4.78, 5) is 65.1. The van der Waals surface area contributed by atoms with E-state index in [9.17, 15) is 19.2 Å². The van der Waals surface area contributed by atoms with Crippen LogP contribution < -0.4 is 5.32 Å². The van der Waals surface area contributed by atoms with Crippen LogP contribution in [0.1, 0.15) is 59.2 Å². The minimum atomic E-state index is -0.686. The van der Waals surface area contributed by atoms with E-state index < -0.39 is 30.1 Å². The van der Waals surface area contributed by atoms with E-state index in [2.05, 4.69) is 20.3 Å². The molecule has 12 heteroatoms. The first-order valence-corrected chi connectivity index (χ1v) is 14.8. The van der Waals surface area contributed by atoms with Gasteiger partial charge in [-0.3, -0.25) is 24.2 Å². The van der Waals surface area contributed by atoms with Crippen molar-refractivity contribution in [3.8, 4) is 0 Å². The van der Waals surface area contributed by atoms with E-state index >= 15 is 0 Å². The number of methoxy groups -OCH3 is 1. The van der Waals surface area contributed by atoms with Crippen LogP contribution in [-0.4, -0.2) is 87.8 Å². The molecule has 0 radical (unpaired) electrons. The number of esters is 2. The maximum atomic E-state index is 13.3. The Balaban J connectivity index is 1.73. The molecule has 2 amide bonds. The van der Waals surface area contributed by atoms with Gasteiger partial charge in [0, 0.05) is 63.0 Å². The summed E-state index contributed by atoms with van der Waals surface area (Å²) in [6, 6.07) is 0.464. The zero-order valence-electron chi connectivity index (χ0n) is 24.2. The van der Waals surface area contributed by atoms with Crippen LogP contribution >= 0.6 is 11.8 Å². The highest BCUT2D eigenvalue weighted by atomic mass is 32.2. The van der Waals surface area contributed by atoms with Gasteiger partial charge in [0.15, 0.2) is 6.10 Å². The van der Waals surface area contributed by atoms with Crippen molar-refractivity contribution in [3.63, 3.8) is 0 Å². The molecule has 0 saturated heterocycles. The Morgan fingerprint density at radius 3 is 2.38 bits per heavy atom. The highest BCUT2D eigenvalue weighted by Crippen LogP contribution is 2.33. The van der Waals surface area contributed by atoms with Crippen molar-refractivity contribution in [3.05, 3.63) is 24.3 Å². The molecule has 2 aliphatic rings. The molecule has 1 aliphatic heterocycles. The third kappa shape index (κ3) is 9.00. The molecule has 2 unspecified atom stereocenters. The van der Waals surface area contributed by atoms with Crippen LogP contribution in [0.15, 0.2) is 23.5 Å². The van der Waals surface area contributed by atoms with Gasteiger partial charge >= 0.3 is 11.9 Å². The van der Waals surface area contributed by atoms with Gasteiger partial charge in [0.25, 0.3) is 0 Å². The number of aliphatic imine (C=N–C) groups is 1. The lowest BCUT2D eigenvalue weighted by Crippen LogP contribution is -2.45. The van der Waals surface area contributed by atoms with Gasteiger partial charge in [-0.1, -0.05) is 20.8 Å². The van der Waals surface area contributed by atoms with E-state index in [1.807, 2.05) is 20.9 Å². The fraction of sp³-hybridized carbons (Fsp3) is 0.679. The van der Waals surface area contributed by atoms with Crippen LogP contribution in [0.3, 0.4) is 0 Å². The molecule has 2 heterocycles. The maximum absolute atomic E-state index is 13.3. The summed E-state index contributed by atoms with van der Waals surface area (Å²) in [5.74, 6) is -0.253. The molecule has 11 nitrogen and oxygen atoms in total. The molecule has 1 saturated carbocycles. The molecule has 1 N–H and O–H groups in total. The lowest BCUT2D eigenvalue weighted by molar-refractivity contribution is -0.146. The van der Waals surface area contributed by atoms with E-state index in [0.717, 1.165) is 12.8 Å². The standard InChI is InChI=1S/C28H41N5O6S/c1-16(2)22(33(5)27(36)19-8-9-19)14-23(39-18(4)34)26-32-21(15-40-26)25(35)31-20(12-17(3)28(37)38-6)13-24-29-10-7-11-30-24/h7,10-11,16-17,19-23H,8-9,12-15H2,1-6H3,(H,31,35)/t17-,20+,21?,22?,23+/m0/s1. The van der Waals surface area contributed by atoms with Crippen LogP contribution in [0.25, 0.3) is 0 Å². The minimum absolute atomic E-state index is 0.0841. The van der Waals surface area contributed by atoms with Crippen molar-refractivity contribution in [2.24, 2.45) is 22.7 Å². The molecule has 1 fully saturated rings. The SMILES string of the molecule is COC(=O)[C@@H](C)C[C@H](Cc1ncccn1)NC(=O)C1CSC([C@@H](CC(C(C)C)N(C)C(=O)C2CC2)OC(C)=O)=N1. The molecule has 0 spiro atoms. The molecular weight excluding hydrogens is 534 g/mol. The summed E-state index contributed by atoms with van der Waals surface area (Å²) in [5, 5.41) is 3.59. The zero-order chi connectivity index (χ0) is 29.4. The Bertz CT molecular complexity index is 1080. The average molecular weight is 576 g/mol. The van der Waals surface area contributed by atoms with E-state index in [0.29, 0.717) is 35.9 Å². The van der Waals surface area contributed by atoms with Crippen molar-refractivity contribution < 1.29 is 28.7 Å². The predicted octanol–water partition coefficient (Wildman–Crippen LogP) is 2.43. The molecule has 220 valence electrons. The number of carbonyl (C=O) groups excluding carboxylic acids is 4. The Morgan fingerprint density at radius 1 is 1.12 bits per heavy atom. The van der Waals surface area contributed by atoms with Crippen LogP contribution in [0.2, 0.25) is 0 Å². The fourth-order valence-corrected chi connectivity index (χ4v) is 5.94. The number of carbonyl (C=O) groups is 4. The lowest BCUT2D eigenvalue weighted by atomic mass is 9.96. The number of thioether (sulfide) groups is 1. The maximum Gasteiger partial charge on any atom is 0.308 e. The van der Waals surface area contributed by atoms with Gasteiger partial charge in [-0.15, -0.1) is 11.8 Å². The van der Waals surface area contributed by atoms with Gasteiger partial charge in [0.1, 0.15) is 16.9 Å². The Hall–Kier alpha value is -3.02. The van der Waals surface area contributed by atoms with Crippen LogP contribution in [0.5, 0.6) is 0 Å². The third-order valence-electron chi connectivity index (χ3n) is 7.19. The fourth-order valence-electron chi connectivity index (χ4n) is 4.85. The third-order valence-corrected chi connectivity index (χ3v) is 8.34. The number of ether oxygens (including phenoxy) is 2. The number of hydrogen-bond donors (Lipinski definition) is 1. The molecule has 40 heavy (non-hydrogen) atoms. The highest BCUT2D eigenvalue weighted by molar-refractivity contribution is 8.14. The van der Waals surface area contributed by atoms with E-state index in [1.54, 1.807) is 30.3 Å². The highest BCUT2D eigenvalue weighted by Gasteiger charge is 2.39. The number of amides is 2. The smallest absolute Gasteiger partial charge is 0.308 e. The molecule has 0 bridgehead atoms. The Morgan fingerprint density at radius 2 is 1.80 bits per heavy atom. The summed E-state index contributed by atoms with van der Waals surface area (Å²) in [7, 11) is 3.14. The summed E-state index contributed by atoms with van der Waals surface area (Å²) in [6.07, 6.45) is 5.52. The number of aromatic nitrogens is 2. The second-order valence-electron chi connectivity index (χ2n) is 10.9. The summed E-state index contributed by atoms with van der Waals surface area (Å²) in [5.41, 5.74) is 0. The van der Waals surface area contributed by atoms with Crippen LogP contribution in [0.4, 0.5) is 0 Å². The number of nitrogens with zero attached hydrogens (tertiary/aromatic N) is 4. The van der Waals surface area contributed by atoms with E-state index in [-0.39, 0.29) is 35.7 Å². The lowest BCUT2D eigenvalue weighted by Gasteiger charge is -2.34. The van der Waals surface area contributed by atoms with Crippen LogP contribution in [-0.2, 0) is 35.1 Å². The van der Waals surface area contributed by atoms with Crippen LogP contribution in [0, 0.1) is 17.8 Å². The molecule has 1 aliphatic carbocycles. The van der Waals surface area contributed by atoms with Gasteiger partial charge in [-0.05, 0) is 31.2 Å². The van der Waals surface area contributed by atoms with Crippen molar-refractivity contribution in [1.29, 1.82) is 0 Å². The normalized spacial score (nSPS) is 19.7. The topological polar surface area (TPSA) is 140 Å². The summed E-state index contributed by atoms with van der Waals surface area (Å²) >= 11 is 1.38. The zero-order valence-corrected chi connectivity index (χ0v) is 25.0. The monoisotopic (exact) mass is 575 g/mol. The molecule has 1 aromatic rings. The van der Waals surface area contributed by atoms with Gasteiger partial charge in [0.2, 0.25) is 11.8 Å². The Kier molecular flexibility index (Phi) is 11.5.